The van der Waals surface area contributed by atoms with Crippen LogP contribution in [-0.4, -0.2) is 17.5 Å². The zero-order valence-electron chi connectivity index (χ0n) is 7.30. The molecule has 2 rings (SSSR count). The predicted molar refractivity (Wildman–Crippen MR) is 46.9 cm³/mol. The van der Waals surface area contributed by atoms with Gasteiger partial charge in [0.2, 0.25) is 0 Å². The highest BCUT2D eigenvalue weighted by Gasteiger charge is 2.50. The number of carbonyl (C=O) groups is 2. The van der Waals surface area contributed by atoms with E-state index in [1.165, 1.54) is 0 Å². The molecule has 1 saturated heterocycles. The van der Waals surface area contributed by atoms with Crippen LogP contribution in [0.2, 0.25) is 0 Å². The lowest BCUT2D eigenvalue weighted by Gasteiger charge is -2.18. The van der Waals surface area contributed by atoms with Crippen molar-refractivity contribution in [2.45, 2.75) is 24.8 Å². The van der Waals surface area contributed by atoms with Crippen LogP contribution in [0, 0.1) is 5.92 Å². The molecule has 2 N–H and O–H groups in total. The lowest BCUT2D eigenvalue weighted by molar-refractivity contribution is -0.123. The van der Waals surface area contributed by atoms with E-state index in [-0.39, 0.29) is 11.9 Å². The second-order valence-electron chi connectivity index (χ2n) is 3.73. The molecule has 4 heteroatoms. The van der Waals surface area contributed by atoms with Crippen LogP contribution >= 0.6 is 0 Å². The Hall–Kier alpha value is -1.32. The topological polar surface area (TPSA) is 58.2 Å². The largest absolute Gasteiger partial charge is 0.323 e. The summed E-state index contributed by atoms with van der Waals surface area (Å²) < 4.78 is 0. The number of hydrogen-bond donors (Lipinski definition) is 2. The fraction of sp³-hybridized carbons (Fsp3) is 0.556. The molecule has 13 heavy (non-hydrogen) atoms. The molecule has 1 spiro atoms. The second-order valence-corrected chi connectivity index (χ2v) is 3.73. The molecule has 2 aliphatic rings. The molecule has 1 heterocycles. The van der Waals surface area contributed by atoms with Gasteiger partial charge < -0.3 is 5.32 Å². The van der Waals surface area contributed by atoms with Gasteiger partial charge in [0.25, 0.3) is 5.91 Å². The quantitative estimate of drug-likeness (QED) is 0.457. The number of urea groups is 1. The molecule has 3 amide bonds. The van der Waals surface area contributed by atoms with Crippen LogP contribution in [0.15, 0.2) is 12.7 Å². The molecule has 0 bridgehead atoms. The summed E-state index contributed by atoms with van der Waals surface area (Å²) in [6.07, 6.45) is 4.19. The van der Waals surface area contributed by atoms with Crippen LogP contribution in [0.4, 0.5) is 4.79 Å². The Morgan fingerprint density at radius 2 is 2.31 bits per heavy atom. The number of rotatable bonds is 1. The fourth-order valence-corrected chi connectivity index (χ4v) is 2.13. The SMILES string of the molecule is C=CC1CCC2(C1)NC(=O)NC2=O. The summed E-state index contributed by atoms with van der Waals surface area (Å²) in [6.45, 7) is 3.70. The van der Waals surface area contributed by atoms with Crippen molar-refractivity contribution in [3.63, 3.8) is 0 Å². The Balaban J connectivity index is 2.19. The Morgan fingerprint density at radius 1 is 1.54 bits per heavy atom. The third kappa shape index (κ3) is 1.13. The highest BCUT2D eigenvalue weighted by molar-refractivity contribution is 6.07. The summed E-state index contributed by atoms with van der Waals surface area (Å²) in [5.74, 6) is 0.172. The third-order valence-electron chi connectivity index (χ3n) is 2.90. The van der Waals surface area contributed by atoms with E-state index in [4.69, 9.17) is 0 Å². The number of carbonyl (C=O) groups excluding carboxylic acids is 2. The highest BCUT2D eigenvalue weighted by atomic mass is 16.2. The van der Waals surface area contributed by atoms with Gasteiger partial charge in [-0.15, -0.1) is 6.58 Å². The van der Waals surface area contributed by atoms with E-state index in [0.29, 0.717) is 12.3 Å². The second kappa shape index (κ2) is 2.58. The Bertz CT molecular complexity index is 287. The van der Waals surface area contributed by atoms with Gasteiger partial charge in [-0.2, -0.15) is 0 Å². The lowest BCUT2D eigenvalue weighted by Crippen LogP contribution is -2.44. The fourth-order valence-electron chi connectivity index (χ4n) is 2.13. The zero-order chi connectivity index (χ0) is 9.47. The summed E-state index contributed by atoms with van der Waals surface area (Å²) in [5.41, 5.74) is -0.629. The summed E-state index contributed by atoms with van der Waals surface area (Å²) in [5, 5.41) is 4.97. The third-order valence-corrected chi connectivity index (χ3v) is 2.90. The van der Waals surface area contributed by atoms with Crippen LogP contribution in [0.1, 0.15) is 19.3 Å². The maximum Gasteiger partial charge on any atom is 0.322 e. The minimum absolute atomic E-state index is 0.179. The van der Waals surface area contributed by atoms with Gasteiger partial charge in [-0.1, -0.05) is 6.08 Å². The number of nitrogens with one attached hydrogen (secondary N) is 2. The molecule has 4 nitrogen and oxygen atoms in total. The monoisotopic (exact) mass is 180 g/mol. The molecule has 1 aliphatic heterocycles. The number of amides is 3. The minimum atomic E-state index is -0.629. The Kier molecular flexibility index (Phi) is 1.65. The van der Waals surface area contributed by atoms with Crippen molar-refractivity contribution in [3.05, 3.63) is 12.7 Å². The van der Waals surface area contributed by atoms with Gasteiger partial charge >= 0.3 is 6.03 Å². The van der Waals surface area contributed by atoms with Gasteiger partial charge in [-0.25, -0.2) is 4.79 Å². The van der Waals surface area contributed by atoms with Crippen molar-refractivity contribution in [2.75, 3.05) is 0 Å². The van der Waals surface area contributed by atoms with E-state index in [2.05, 4.69) is 17.2 Å². The first-order valence-corrected chi connectivity index (χ1v) is 4.42. The van der Waals surface area contributed by atoms with Gasteiger partial charge in [0.15, 0.2) is 0 Å². The summed E-state index contributed by atoms with van der Waals surface area (Å²) in [6, 6.07) is -0.366. The van der Waals surface area contributed by atoms with Crippen LogP contribution in [0.3, 0.4) is 0 Å². The normalized spacial score (nSPS) is 37.7. The van der Waals surface area contributed by atoms with Crippen molar-refractivity contribution in [3.8, 4) is 0 Å². The molecule has 70 valence electrons. The van der Waals surface area contributed by atoms with Crippen LogP contribution in [0.25, 0.3) is 0 Å². The molecule has 0 aromatic carbocycles. The smallest absolute Gasteiger partial charge is 0.322 e. The molecule has 0 aromatic rings. The molecule has 0 aromatic heterocycles. The summed E-state index contributed by atoms with van der Waals surface area (Å²) >= 11 is 0. The molecule has 2 atom stereocenters. The Labute approximate surface area is 76.4 Å². The van der Waals surface area contributed by atoms with Crippen molar-refractivity contribution < 1.29 is 9.59 Å². The number of allylic oxidation sites excluding steroid dienone is 1. The maximum atomic E-state index is 11.4. The van der Waals surface area contributed by atoms with Crippen molar-refractivity contribution in [1.29, 1.82) is 0 Å². The Morgan fingerprint density at radius 3 is 2.77 bits per heavy atom. The molecular formula is C9H12N2O2. The predicted octanol–water partition coefficient (Wildman–Crippen LogP) is 0.551. The van der Waals surface area contributed by atoms with E-state index in [1.54, 1.807) is 0 Å². The van der Waals surface area contributed by atoms with Crippen molar-refractivity contribution in [2.24, 2.45) is 5.92 Å². The van der Waals surface area contributed by atoms with E-state index in [1.807, 2.05) is 6.08 Å². The lowest BCUT2D eigenvalue weighted by atomic mass is 9.96. The first-order chi connectivity index (χ1) is 6.16. The van der Waals surface area contributed by atoms with Gasteiger partial charge in [0, 0.05) is 0 Å². The average molecular weight is 180 g/mol. The molecule has 2 fully saturated rings. The van der Waals surface area contributed by atoms with E-state index < -0.39 is 5.54 Å². The van der Waals surface area contributed by atoms with Crippen LogP contribution in [0.5, 0.6) is 0 Å². The summed E-state index contributed by atoms with van der Waals surface area (Å²) in [7, 11) is 0. The van der Waals surface area contributed by atoms with Crippen LogP contribution in [-0.2, 0) is 4.79 Å². The van der Waals surface area contributed by atoms with E-state index in [0.717, 1.165) is 12.8 Å². The molecular weight excluding hydrogens is 168 g/mol. The minimum Gasteiger partial charge on any atom is -0.323 e. The molecule has 0 radical (unpaired) electrons. The maximum absolute atomic E-state index is 11.4. The highest BCUT2D eigenvalue weighted by Crippen LogP contribution is 2.36. The average Bonchev–Trinajstić information content (AvgIpc) is 2.59. The first-order valence-electron chi connectivity index (χ1n) is 4.42. The molecule has 1 aliphatic carbocycles. The van der Waals surface area contributed by atoms with E-state index in [9.17, 15) is 9.59 Å². The van der Waals surface area contributed by atoms with Crippen LogP contribution < -0.4 is 10.6 Å². The van der Waals surface area contributed by atoms with Gasteiger partial charge in [-0.3, -0.25) is 10.1 Å². The first kappa shape index (κ1) is 8.29. The van der Waals surface area contributed by atoms with Crippen molar-refractivity contribution in [1.82, 2.24) is 10.6 Å². The van der Waals surface area contributed by atoms with Gasteiger partial charge in [0.05, 0.1) is 0 Å². The van der Waals surface area contributed by atoms with Crippen molar-refractivity contribution >= 4 is 11.9 Å². The number of imide groups is 1. The zero-order valence-corrected chi connectivity index (χ0v) is 7.30. The van der Waals surface area contributed by atoms with Gasteiger partial charge in [-0.05, 0) is 25.2 Å². The molecule has 2 unspecified atom stereocenters. The molecule has 1 saturated carbocycles. The van der Waals surface area contributed by atoms with Gasteiger partial charge in [0.1, 0.15) is 5.54 Å². The summed E-state index contributed by atoms with van der Waals surface area (Å²) in [4.78, 5) is 22.4. The number of hydrogen-bond acceptors (Lipinski definition) is 2. The standard InChI is InChI=1S/C9H12N2O2/c1-2-6-3-4-9(5-6)7(12)10-8(13)11-9/h2,6H,1,3-5H2,(H2,10,11,12,13). The van der Waals surface area contributed by atoms with E-state index >= 15 is 0 Å².